The van der Waals surface area contributed by atoms with E-state index in [1.165, 1.54) is 16.9 Å². The molecule has 1 aliphatic heterocycles. The molecule has 0 amide bonds. The SMILES string of the molecule is O=c1/c(=C/c2ccc(OCc3ccc(Cl)cc3Cl)c(Br)c2)sc2n1C(c1ccc(Cl)cc1)C1=C(N=2)c2ccccc2CC1. The lowest BCUT2D eigenvalue weighted by Gasteiger charge is -2.30. The number of hydrogen-bond donors (Lipinski definition) is 0. The second kappa shape index (κ2) is 11.8. The molecule has 1 unspecified atom stereocenters. The Bertz CT molecular complexity index is 2120. The lowest BCUT2D eigenvalue weighted by Crippen LogP contribution is -2.38. The number of allylic oxidation sites excluding steroid dienone is 1. The lowest BCUT2D eigenvalue weighted by atomic mass is 9.83. The topological polar surface area (TPSA) is 43.6 Å². The van der Waals surface area contributed by atoms with Crippen LogP contribution in [0.15, 0.2) is 105 Å². The van der Waals surface area contributed by atoms with E-state index >= 15 is 0 Å². The molecule has 1 atom stereocenters. The lowest BCUT2D eigenvalue weighted by molar-refractivity contribution is 0.304. The van der Waals surface area contributed by atoms with E-state index in [-0.39, 0.29) is 11.6 Å². The molecule has 2 aliphatic rings. The van der Waals surface area contributed by atoms with Crippen LogP contribution >= 0.6 is 62.1 Å². The molecule has 43 heavy (non-hydrogen) atoms. The van der Waals surface area contributed by atoms with E-state index in [1.54, 1.807) is 12.1 Å². The first-order chi connectivity index (χ1) is 20.9. The van der Waals surface area contributed by atoms with Crippen molar-refractivity contribution in [1.29, 1.82) is 0 Å². The summed E-state index contributed by atoms with van der Waals surface area (Å²) in [5, 5.41) is 1.79. The van der Waals surface area contributed by atoms with Gasteiger partial charge < -0.3 is 4.74 Å². The number of halogens is 4. The molecule has 1 aromatic heterocycles. The van der Waals surface area contributed by atoms with Gasteiger partial charge in [-0.15, -0.1) is 0 Å². The van der Waals surface area contributed by atoms with Gasteiger partial charge in [0.05, 0.1) is 20.7 Å². The van der Waals surface area contributed by atoms with E-state index in [1.807, 2.05) is 65.2 Å². The highest BCUT2D eigenvalue weighted by Crippen LogP contribution is 2.41. The van der Waals surface area contributed by atoms with Crippen LogP contribution in [0.5, 0.6) is 5.75 Å². The van der Waals surface area contributed by atoms with Gasteiger partial charge in [-0.25, -0.2) is 4.99 Å². The van der Waals surface area contributed by atoms with Gasteiger partial charge in [0.15, 0.2) is 4.80 Å². The Labute approximate surface area is 275 Å². The van der Waals surface area contributed by atoms with Crippen molar-refractivity contribution >= 4 is 73.8 Å². The van der Waals surface area contributed by atoms with E-state index in [2.05, 4.69) is 34.1 Å². The molecule has 0 saturated heterocycles. The Kier molecular flexibility index (Phi) is 7.83. The summed E-state index contributed by atoms with van der Waals surface area (Å²) in [5.41, 5.74) is 7.20. The summed E-state index contributed by atoms with van der Waals surface area (Å²) in [4.78, 5) is 19.8. The van der Waals surface area contributed by atoms with Crippen molar-refractivity contribution in [2.45, 2.75) is 25.5 Å². The molecule has 0 bridgehead atoms. The fourth-order valence-corrected chi connectivity index (χ4v) is 7.74. The molecule has 7 rings (SSSR count). The summed E-state index contributed by atoms with van der Waals surface area (Å²) >= 11 is 23.6. The number of benzene rings is 4. The number of aromatic nitrogens is 1. The molecule has 9 heteroatoms. The van der Waals surface area contributed by atoms with Crippen molar-refractivity contribution in [3.05, 3.63) is 158 Å². The minimum Gasteiger partial charge on any atom is -0.488 e. The van der Waals surface area contributed by atoms with Crippen molar-refractivity contribution in [2.75, 3.05) is 0 Å². The number of nitrogens with zero attached hydrogens (tertiary/aromatic N) is 2. The minimum atomic E-state index is -0.249. The average Bonchev–Trinajstić information content (AvgIpc) is 3.31. The van der Waals surface area contributed by atoms with Crippen molar-refractivity contribution in [2.24, 2.45) is 4.99 Å². The van der Waals surface area contributed by atoms with Gasteiger partial charge in [0.25, 0.3) is 5.56 Å². The first kappa shape index (κ1) is 28.6. The number of hydrogen-bond acceptors (Lipinski definition) is 4. The van der Waals surface area contributed by atoms with Gasteiger partial charge in [-0.05, 0) is 93.5 Å². The molecule has 0 radical (unpaired) electrons. The van der Waals surface area contributed by atoms with E-state index in [0.717, 1.165) is 50.8 Å². The van der Waals surface area contributed by atoms with Crippen LogP contribution in [0.3, 0.4) is 0 Å². The molecule has 0 spiro atoms. The third-order valence-electron chi connectivity index (χ3n) is 7.71. The number of rotatable bonds is 5. The maximum atomic E-state index is 14.0. The third kappa shape index (κ3) is 5.52. The highest BCUT2D eigenvalue weighted by Gasteiger charge is 2.32. The summed E-state index contributed by atoms with van der Waals surface area (Å²) in [5.74, 6) is 0.665. The van der Waals surface area contributed by atoms with Crippen LogP contribution in [0.4, 0.5) is 0 Å². The Morgan fingerprint density at radius 2 is 1.74 bits per heavy atom. The van der Waals surface area contributed by atoms with Crippen LogP contribution in [0.2, 0.25) is 15.1 Å². The zero-order chi connectivity index (χ0) is 29.7. The predicted octanol–water partition coefficient (Wildman–Crippen LogP) is 8.62. The predicted molar refractivity (Wildman–Crippen MR) is 179 cm³/mol. The maximum Gasteiger partial charge on any atom is 0.271 e. The molecule has 0 saturated carbocycles. The Morgan fingerprint density at radius 3 is 2.53 bits per heavy atom. The van der Waals surface area contributed by atoms with Crippen LogP contribution in [-0.2, 0) is 13.0 Å². The number of aryl methyl sites for hydroxylation is 1. The first-order valence-corrected chi connectivity index (χ1v) is 16.3. The van der Waals surface area contributed by atoms with Crippen molar-refractivity contribution in [3.63, 3.8) is 0 Å². The van der Waals surface area contributed by atoms with Crippen molar-refractivity contribution < 1.29 is 4.74 Å². The second-order valence-corrected chi connectivity index (χ2v) is 13.5. The van der Waals surface area contributed by atoms with E-state index < -0.39 is 0 Å². The molecule has 214 valence electrons. The fraction of sp³-hybridized carbons (Fsp3) is 0.118. The van der Waals surface area contributed by atoms with E-state index in [0.29, 0.717) is 36.8 Å². The molecule has 0 N–H and O–H groups in total. The standard InChI is InChI=1S/C34H22BrCl3N2O2S/c35-27-15-19(5-14-29(27)42-18-22-8-12-24(37)17-28(22)38)16-30-33(41)40-32(21-6-10-23(36)11-7-21)26-13-9-20-3-1-2-4-25(20)31(26)39-34(40)43-30/h1-8,10-12,14-17,32H,9,13,18H2/b30-16-. The first-order valence-electron chi connectivity index (χ1n) is 13.6. The normalized spacial score (nSPS) is 15.9. The van der Waals surface area contributed by atoms with Gasteiger partial charge in [0.1, 0.15) is 12.4 Å². The minimum absolute atomic E-state index is 0.0667. The molecule has 4 nitrogen and oxygen atoms in total. The molecular formula is C34H22BrCl3N2O2S. The highest BCUT2D eigenvalue weighted by molar-refractivity contribution is 9.10. The van der Waals surface area contributed by atoms with Crippen LogP contribution in [0.25, 0.3) is 11.8 Å². The fourth-order valence-electron chi connectivity index (χ4n) is 5.64. The van der Waals surface area contributed by atoms with Gasteiger partial charge in [0.2, 0.25) is 0 Å². The average molecular weight is 709 g/mol. The summed E-state index contributed by atoms with van der Waals surface area (Å²) in [7, 11) is 0. The van der Waals surface area contributed by atoms with Crippen LogP contribution in [-0.4, -0.2) is 4.57 Å². The number of ether oxygens (including phenoxy) is 1. The van der Waals surface area contributed by atoms with Gasteiger partial charge in [0, 0.05) is 26.2 Å². The summed E-state index contributed by atoms with van der Waals surface area (Å²) < 4.78 is 9.23. The highest BCUT2D eigenvalue weighted by atomic mass is 79.9. The van der Waals surface area contributed by atoms with Crippen molar-refractivity contribution in [3.8, 4) is 5.75 Å². The van der Waals surface area contributed by atoms with Crippen molar-refractivity contribution in [1.82, 2.24) is 4.57 Å². The van der Waals surface area contributed by atoms with Crippen LogP contribution in [0.1, 0.15) is 40.3 Å². The van der Waals surface area contributed by atoms with Gasteiger partial charge >= 0.3 is 0 Å². The van der Waals surface area contributed by atoms with E-state index in [9.17, 15) is 4.79 Å². The smallest absolute Gasteiger partial charge is 0.271 e. The Hall–Kier alpha value is -3.13. The molecule has 2 heterocycles. The Morgan fingerprint density at radius 1 is 0.953 bits per heavy atom. The monoisotopic (exact) mass is 706 g/mol. The summed E-state index contributed by atoms with van der Waals surface area (Å²) in [6, 6.07) is 27.0. The molecule has 0 fully saturated rings. The van der Waals surface area contributed by atoms with Gasteiger partial charge in [-0.3, -0.25) is 9.36 Å². The molecule has 1 aliphatic carbocycles. The maximum absolute atomic E-state index is 14.0. The molecule has 4 aromatic carbocycles. The number of fused-ring (bicyclic) bond motifs is 3. The molecule has 5 aromatic rings. The summed E-state index contributed by atoms with van der Waals surface area (Å²) in [6.07, 6.45) is 3.65. The van der Waals surface area contributed by atoms with E-state index in [4.69, 9.17) is 44.5 Å². The third-order valence-corrected chi connectivity index (χ3v) is 10.2. The van der Waals surface area contributed by atoms with Crippen LogP contribution < -0.4 is 19.6 Å². The second-order valence-electron chi connectivity index (χ2n) is 10.4. The van der Waals surface area contributed by atoms with Gasteiger partial charge in [-0.1, -0.05) is 94.7 Å². The largest absolute Gasteiger partial charge is 0.488 e. The van der Waals surface area contributed by atoms with Crippen LogP contribution in [0, 0.1) is 0 Å². The zero-order valence-corrected chi connectivity index (χ0v) is 27.2. The Balaban J connectivity index is 1.28. The summed E-state index contributed by atoms with van der Waals surface area (Å²) in [6.45, 7) is 0.297. The zero-order valence-electron chi connectivity index (χ0n) is 22.5. The quantitative estimate of drug-likeness (QED) is 0.184. The van der Waals surface area contributed by atoms with Gasteiger partial charge in [-0.2, -0.15) is 0 Å². The molecular weight excluding hydrogens is 687 g/mol. The number of thiazole rings is 1.